The van der Waals surface area contributed by atoms with Gasteiger partial charge in [-0.25, -0.2) is 9.97 Å². The summed E-state index contributed by atoms with van der Waals surface area (Å²) in [6, 6.07) is 1.71. The summed E-state index contributed by atoms with van der Waals surface area (Å²) in [6.07, 6.45) is 3.14. The number of nitrogens with zero attached hydrogens (tertiary/aromatic N) is 2. The standard InChI is InChI=1S/C10H15N3O2/c1-7(10(14)15)8(2)12-5-9-3-4-11-6-13-9/h3-4,6-8,12H,5H2,1-2H3,(H,14,15). The lowest BCUT2D eigenvalue weighted by atomic mass is 10.0. The number of hydrogen-bond acceptors (Lipinski definition) is 4. The molecular formula is C10H15N3O2. The molecule has 82 valence electrons. The fourth-order valence-corrected chi connectivity index (χ4v) is 1.08. The van der Waals surface area contributed by atoms with Crippen molar-refractivity contribution in [3.8, 4) is 0 Å². The van der Waals surface area contributed by atoms with Gasteiger partial charge in [0, 0.05) is 18.8 Å². The van der Waals surface area contributed by atoms with Gasteiger partial charge in [-0.2, -0.15) is 0 Å². The second-order valence-corrected chi connectivity index (χ2v) is 3.50. The summed E-state index contributed by atoms with van der Waals surface area (Å²) in [6.45, 7) is 4.08. The Kier molecular flexibility index (Phi) is 4.17. The Morgan fingerprint density at radius 1 is 1.60 bits per heavy atom. The van der Waals surface area contributed by atoms with Crippen LogP contribution in [0.2, 0.25) is 0 Å². The van der Waals surface area contributed by atoms with Crippen molar-refractivity contribution in [1.82, 2.24) is 15.3 Å². The molecule has 0 aliphatic carbocycles. The van der Waals surface area contributed by atoms with Crippen LogP contribution in [0, 0.1) is 5.92 Å². The summed E-state index contributed by atoms with van der Waals surface area (Å²) in [5.41, 5.74) is 0.856. The predicted molar refractivity (Wildman–Crippen MR) is 55.1 cm³/mol. The molecule has 0 aliphatic rings. The minimum atomic E-state index is -0.794. The van der Waals surface area contributed by atoms with E-state index in [4.69, 9.17) is 5.11 Å². The molecule has 2 N–H and O–H groups in total. The lowest BCUT2D eigenvalue weighted by Crippen LogP contribution is -2.35. The molecule has 5 heteroatoms. The Hall–Kier alpha value is -1.49. The second kappa shape index (κ2) is 5.41. The fraction of sp³-hybridized carbons (Fsp3) is 0.500. The molecule has 0 aliphatic heterocycles. The molecule has 0 bridgehead atoms. The van der Waals surface area contributed by atoms with Gasteiger partial charge in [-0.3, -0.25) is 4.79 Å². The van der Waals surface area contributed by atoms with Crippen LogP contribution in [-0.4, -0.2) is 27.1 Å². The zero-order chi connectivity index (χ0) is 11.3. The molecule has 0 radical (unpaired) electrons. The number of aromatic nitrogens is 2. The van der Waals surface area contributed by atoms with Crippen molar-refractivity contribution >= 4 is 5.97 Å². The predicted octanol–water partition coefficient (Wildman–Crippen LogP) is 0.675. The van der Waals surface area contributed by atoms with Gasteiger partial charge in [0.2, 0.25) is 0 Å². The number of hydrogen-bond donors (Lipinski definition) is 2. The molecule has 1 aromatic rings. The van der Waals surface area contributed by atoms with Crippen LogP contribution in [0.5, 0.6) is 0 Å². The van der Waals surface area contributed by atoms with E-state index in [9.17, 15) is 4.79 Å². The average molecular weight is 209 g/mol. The van der Waals surface area contributed by atoms with Gasteiger partial charge < -0.3 is 10.4 Å². The van der Waals surface area contributed by atoms with Crippen molar-refractivity contribution in [2.45, 2.75) is 26.4 Å². The van der Waals surface area contributed by atoms with Crippen LogP contribution in [0.25, 0.3) is 0 Å². The first kappa shape index (κ1) is 11.6. The molecule has 1 rings (SSSR count). The highest BCUT2D eigenvalue weighted by molar-refractivity contribution is 5.70. The third-order valence-electron chi connectivity index (χ3n) is 2.39. The molecule has 0 fully saturated rings. The normalized spacial score (nSPS) is 14.5. The lowest BCUT2D eigenvalue weighted by molar-refractivity contribution is -0.141. The van der Waals surface area contributed by atoms with Gasteiger partial charge >= 0.3 is 5.97 Å². The summed E-state index contributed by atoms with van der Waals surface area (Å²) < 4.78 is 0. The minimum Gasteiger partial charge on any atom is -0.481 e. The summed E-state index contributed by atoms with van der Waals surface area (Å²) in [5, 5.41) is 11.9. The maximum atomic E-state index is 10.7. The van der Waals surface area contributed by atoms with E-state index in [-0.39, 0.29) is 6.04 Å². The van der Waals surface area contributed by atoms with E-state index in [0.29, 0.717) is 6.54 Å². The monoisotopic (exact) mass is 209 g/mol. The first-order chi connectivity index (χ1) is 7.11. The molecule has 0 spiro atoms. The molecular weight excluding hydrogens is 194 g/mol. The van der Waals surface area contributed by atoms with Crippen molar-refractivity contribution < 1.29 is 9.90 Å². The molecule has 2 unspecified atom stereocenters. The SMILES string of the molecule is CC(NCc1ccncn1)C(C)C(=O)O. The molecule has 1 aromatic heterocycles. The van der Waals surface area contributed by atoms with Crippen molar-refractivity contribution in [2.24, 2.45) is 5.92 Å². The molecule has 0 saturated heterocycles. The van der Waals surface area contributed by atoms with Crippen LogP contribution in [-0.2, 0) is 11.3 Å². The van der Waals surface area contributed by atoms with E-state index in [1.54, 1.807) is 19.2 Å². The van der Waals surface area contributed by atoms with E-state index in [1.165, 1.54) is 6.33 Å². The number of nitrogens with one attached hydrogen (secondary N) is 1. The van der Waals surface area contributed by atoms with Crippen molar-refractivity contribution in [2.75, 3.05) is 0 Å². The van der Waals surface area contributed by atoms with E-state index in [1.807, 2.05) is 6.92 Å². The van der Waals surface area contributed by atoms with Crippen LogP contribution < -0.4 is 5.32 Å². The molecule has 5 nitrogen and oxygen atoms in total. The average Bonchev–Trinajstić information content (AvgIpc) is 2.26. The minimum absolute atomic E-state index is 0.0857. The number of aliphatic carboxylic acids is 1. The summed E-state index contributed by atoms with van der Waals surface area (Å²) in [7, 11) is 0. The maximum Gasteiger partial charge on any atom is 0.307 e. The molecule has 1 heterocycles. The number of carboxylic acids is 1. The third kappa shape index (κ3) is 3.63. The van der Waals surface area contributed by atoms with Crippen molar-refractivity contribution in [3.63, 3.8) is 0 Å². The Balaban J connectivity index is 2.41. The fourth-order valence-electron chi connectivity index (χ4n) is 1.08. The Bertz CT molecular complexity index is 316. The molecule has 0 amide bonds. The van der Waals surface area contributed by atoms with Crippen LogP contribution in [0.1, 0.15) is 19.5 Å². The number of carbonyl (C=O) groups is 1. The molecule has 15 heavy (non-hydrogen) atoms. The number of carboxylic acid groups (broad SMARTS) is 1. The van der Waals surface area contributed by atoms with E-state index in [0.717, 1.165) is 5.69 Å². The Morgan fingerprint density at radius 2 is 2.33 bits per heavy atom. The highest BCUT2D eigenvalue weighted by Gasteiger charge is 2.18. The lowest BCUT2D eigenvalue weighted by Gasteiger charge is -2.17. The van der Waals surface area contributed by atoms with Crippen LogP contribution in [0.15, 0.2) is 18.6 Å². The first-order valence-corrected chi connectivity index (χ1v) is 4.82. The Labute approximate surface area is 88.6 Å². The molecule has 2 atom stereocenters. The molecule has 0 saturated carbocycles. The second-order valence-electron chi connectivity index (χ2n) is 3.50. The zero-order valence-electron chi connectivity index (χ0n) is 8.84. The van der Waals surface area contributed by atoms with Crippen molar-refractivity contribution in [3.05, 3.63) is 24.3 Å². The van der Waals surface area contributed by atoms with E-state index >= 15 is 0 Å². The van der Waals surface area contributed by atoms with Gasteiger partial charge in [0.25, 0.3) is 0 Å². The Morgan fingerprint density at radius 3 is 2.87 bits per heavy atom. The van der Waals surface area contributed by atoms with Gasteiger partial charge in [0.15, 0.2) is 0 Å². The zero-order valence-corrected chi connectivity index (χ0v) is 8.84. The summed E-state index contributed by atoms with van der Waals surface area (Å²) in [5.74, 6) is -1.20. The summed E-state index contributed by atoms with van der Waals surface area (Å²) in [4.78, 5) is 18.5. The smallest absolute Gasteiger partial charge is 0.307 e. The maximum absolute atomic E-state index is 10.7. The van der Waals surface area contributed by atoms with Crippen molar-refractivity contribution in [1.29, 1.82) is 0 Å². The number of rotatable bonds is 5. The first-order valence-electron chi connectivity index (χ1n) is 4.82. The van der Waals surface area contributed by atoms with E-state index in [2.05, 4.69) is 15.3 Å². The van der Waals surface area contributed by atoms with E-state index < -0.39 is 11.9 Å². The highest BCUT2D eigenvalue weighted by atomic mass is 16.4. The van der Waals surface area contributed by atoms with Gasteiger partial charge in [-0.05, 0) is 13.0 Å². The third-order valence-corrected chi connectivity index (χ3v) is 2.39. The highest BCUT2D eigenvalue weighted by Crippen LogP contribution is 2.03. The van der Waals surface area contributed by atoms with Gasteiger partial charge in [0.05, 0.1) is 11.6 Å². The molecule has 0 aromatic carbocycles. The topological polar surface area (TPSA) is 75.1 Å². The summed E-state index contributed by atoms with van der Waals surface area (Å²) >= 11 is 0. The van der Waals surface area contributed by atoms with Crippen LogP contribution in [0.3, 0.4) is 0 Å². The van der Waals surface area contributed by atoms with Crippen LogP contribution in [0.4, 0.5) is 0 Å². The van der Waals surface area contributed by atoms with Gasteiger partial charge in [-0.1, -0.05) is 6.92 Å². The largest absolute Gasteiger partial charge is 0.481 e. The van der Waals surface area contributed by atoms with Crippen LogP contribution >= 0.6 is 0 Å². The quantitative estimate of drug-likeness (QED) is 0.745. The van der Waals surface area contributed by atoms with Gasteiger partial charge in [-0.15, -0.1) is 0 Å². The van der Waals surface area contributed by atoms with Gasteiger partial charge in [0.1, 0.15) is 6.33 Å².